The summed E-state index contributed by atoms with van der Waals surface area (Å²) in [5.74, 6) is 0.899. The molecule has 1 aliphatic heterocycles. The van der Waals surface area contributed by atoms with Crippen LogP contribution < -0.4 is 0 Å². The molecule has 1 aromatic rings. The molecule has 0 spiro atoms. The quantitative estimate of drug-likeness (QED) is 0.824. The van der Waals surface area contributed by atoms with Crippen molar-refractivity contribution in [1.29, 1.82) is 0 Å². The van der Waals surface area contributed by atoms with Crippen molar-refractivity contribution in [2.45, 2.75) is 33.2 Å². The van der Waals surface area contributed by atoms with Gasteiger partial charge in [-0.3, -0.25) is 9.69 Å². The summed E-state index contributed by atoms with van der Waals surface area (Å²) >= 11 is 0. The monoisotopic (exact) mass is 274 g/mol. The van der Waals surface area contributed by atoms with E-state index in [0.717, 1.165) is 38.2 Å². The van der Waals surface area contributed by atoms with E-state index in [4.69, 9.17) is 0 Å². The van der Waals surface area contributed by atoms with Crippen LogP contribution in [0.4, 0.5) is 0 Å². The van der Waals surface area contributed by atoms with E-state index < -0.39 is 0 Å². The maximum absolute atomic E-state index is 12.9. The summed E-state index contributed by atoms with van der Waals surface area (Å²) in [7, 11) is 0. The number of hydrogen-bond donors (Lipinski definition) is 0. The number of amides is 1. The lowest BCUT2D eigenvalue weighted by atomic mass is 10.0. The van der Waals surface area contributed by atoms with Crippen molar-refractivity contribution >= 4 is 5.91 Å². The molecule has 0 N–H and O–H groups in total. The maximum atomic E-state index is 12.9. The van der Waals surface area contributed by atoms with Gasteiger partial charge in [-0.15, -0.1) is 0 Å². The third kappa shape index (κ3) is 3.21. The van der Waals surface area contributed by atoms with Gasteiger partial charge in [0.05, 0.1) is 0 Å². The smallest absolute Gasteiger partial charge is 0.244 e. The summed E-state index contributed by atoms with van der Waals surface area (Å²) in [6.45, 7) is 10.1. The van der Waals surface area contributed by atoms with Gasteiger partial charge < -0.3 is 4.90 Å². The second-order valence-electron chi connectivity index (χ2n) is 5.71. The van der Waals surface area contributed by atoms with Crippen LogP contribution in [0.25, 0.3) is 0 Å². The van der Waals surface area contributed by atoms with E-state index in [1.54, 1.807) is 0 Å². The highest BCUT2D eigenvalue weighted by Crippen LogP contribution is 2.26. The molecule has 2 rings (SSSR count). The van der Waals surface area contributed by atoms with Gasteiger partial charge in [0.25, 0.3) is 0 Å². The highest BCUT2D eigenvalue weighted by Gasteiger charge is 2.32. The number of rotatable bonds is 5. The standard InChI is InChI=1S/C17H26N2O/c1-4-18(5-2)16(15-9-7-6-8-10-15)17(20)19-12-11-14(3)13-19/h6-10,14,16H,4-5,11-13H2,1-3H3. The highest BCUT2D eigenvalue weighted by molar-refractivity contribution is 5.83. The molecule has 1 heterocycles. The topological polar surface area (TPSA) is 23.6 Å². The average molecular weight is 274 g/mol. The van der Waals surface area contributed by atoms with Crippen molar-refractivity contribution in [2.75, 3.05) is 26.2 Å². The molecular weight excluding hydrogens is 248 g/mol. The molecule has 1 saturated heterocycles. The first-order valence-electron chi connectivity index (χ1n) is 7.75. The molecule has 3 nitrogen and oxygen atoms in total. The predicted molar refractivity (Wildman–Crippen MR) is 82.5 cm³/mol. The van der Waals surface area contributed by atoms with Crippen molar-refractivity contribution in [3.05, 3.63) is 35.9 Å². The summed E-state index contributed by atoms with van der Waals surface area (Å²) in [5, 5.41) is 0. The molecule has 20 heavy (non-hydrogen) atoms. The Balaban J connectivity index is 2.24. The molecule has 2 unspecified atom stereocenters. The van der Waals surface area contributed by atoms with Crippen LogP contribution in [0.5, 0.6) is 0 Å². The number of hydrogen-bond acceptors (Lipinski definition) is 2. The summed E-state index contributed by atoms with van der Waals surface area (Å²) in [5.41, 5.74) is 1.11. The van der Waals surface area contributed by atoms with Crippen LogP contribution in [0.1, 0.15) is 38.8 Å². The molecule has 0 aromatic heterocycles. The third-order valence-corrected chi connectivity index (χ3v) is 4.26. The zero-order valence-electron chi connectivity index (χ0n) is 12.9. The number of carbonyl (C=O) groups excluding carboxylic acids is 1. The molecule has 0 aliphatic carbocycles. The van der Waals surface area contributed by atoms with Gasteiger partial charge in [-0.2, -0.15) is 0 Å². The fourth-order valence-corrected chi connectivity index (χ4v) is 3.04. The molecule has 1 aliphatic rings. The first kappa shape index (κ1) is 15.0. The van der Waals surface area contributed by atoms with Gasteiger partial charge in [0.15, 0.2) is 0 Å². The van der Waals surface area contributed by atoms with E-state index in [9.17, 15) is 4.79 Å². The Morgan fingerprint density at radius 1 is 1.30 bits per heavy atom. The minimum atomic E-state index is -0.128. The van der Waals surface area contributed by atoms with Gasteiger partial charge in [-0.05, 0) is 31.0 Å². The van der Waals surface area contributed by atoms with E-state index in [1.165, 1.54) is 0 Å². The van der Waals surface area contributed by atoms with Gasteiger partial charge in [-0.25, -0.2) is 0 Å². The number of likely N-dealkylation sites (tertiary alicyclic amines) is 1. The Kier molecular flexibility index (Phi) is 5.18. The zero-order chi connectivity index (χ0) is 14.5. The van der Waals surface area contributed by atoms with Crippen molar-refractivity contribution in [3.8, 4) is 0 Å². The summed E-state index contributed by atoms with van der Waals surface area (Å²) in [4.78, 5) is 17.2. The fourth-order valence-electron chi connectivity index (χ4n) is 3.04. The van der Waals surface area contributed by atoms with Crippen LogP contribution in [0.15, 0.2) is 30.3 Å². The Morgan fingerprint density at radius 2 is 1.95 bits per heavy atom. The van der Waals surface area contributed by atoms with E-state index in [2.05, 4.69) is 37.8 Å². The second-order valence-corrected chi connectivity index (χ2v) is 5.71. The molecule has 0 radical (unpaired) electrons. The van der Waals surface area contributed by atoms with Crippen LogP contribution in [-0.4, -0.2) is 41.9 Å². The van der Waals surface area contributed by atoms with Crippen LogP contribution in [-0.2, 0) is 4.79 Å². The summed E-state index contributed by atoms with van der Waals surface area (Å²) in [6, 6.07) is 10.1. The Labute approximate surface area is 122 Å². The largest absolute Gasteiger partial charge is 0.341 e. The number of carbonyl (C=O) groups is 1. The minimum Gasteiger partial charge on any atom is -0.341 e. The van der Waals surface area contributed by atoms with E-state index in [1.807, 2.05) is 23.1 Å². The van der Waals surface area contributed by atoms with Crippen LogP contribution in [0, 0.1) is 5.92 Å². The highest BCUT2D eigenvalue weighted by atomic mass is 16.2. The van der Waals surface area contributed by atoms with Crippen molar-refractivity contribution in [3.63, 3.8) is 0 Å². The van der Waals surface area contributed by atoms with Gasteiger partial charge >= 0.3 is 0 Å². The second kappa shape index (κ2) is 6.89. The lowest BCUT2D eigenvalue weighted by molar-refractivity contribution is -0.136. The molecule has 110 valence electrons. The minimum absolute atomic E-state index is 0.128. The van der Waals surface area contributed by atoms with E-state index in [-0.39, 0.29) is 11.9 Å². The molecular formula is C17H26N2O. The molecule has 1 amide bonds. The Morgan fingerprint density at radius 3 is 2.45 bits per heavy atom. The molecule has 1 aromatic carbocycles. The molecule has 3 heteroatoms. The summed E-state index contributed by atoms with van der Waals surface area (Å²) < 4.78 is 0. The predicted octanol–water partition coefficient (Wildman–Crippen LogP) is 2.94. The molecule has 0 saturated carbocycles. The number of nitrogens with zero attached hydrogens (tertiary/aromatic N) is 2. The van der Waals surface area contributed by atoms with Gasteiger partial charge in [0.2, 0.25) is 5.91 Å². The SMILES string of the molecule is CCN(CC)C(C(=O)N1CCC(C)C1)c1ccccc1. The lowest BCUT2D eigenvalue weighted by Gasteiger charge is -2.32. The van der Waals surface area contributed by atoms with E-state index >= 15 is 0 Å². The average Bonchev–Trinajstić information content (AvgIpc) is 2.91. The maximum Gasteiger partial charge on any atom is 0.244 e. The van der Waals surface area contributed by atoms with Crippen LogP contribution in [0.3, 0.4) is 0 Å². The van der Waals surface area contributed by atoms with Crippen molar-refractivity contribution < 1.29 is 4.79 Å². The first-order chi connectivity index (χ1) is 9.67. The Hall–Kier alpha value is -1.35. The molecule has 2 atom stereocenters. The zero-order valence-corrected chi connectivity index (χ0v) is 12.9. The van der Waals surface area contributed by atoms with Crippen molar-refractivity contribution in [2.24, 2.45) is 5.92 Å². The third-order valence-electron chi connectivity index (χ3n) is 4.26. The summed E-state index contributed by atoms with van der Waals surface area (Å²) in [6.07, 6.45) is 1.13. The van der Waals surface area contributed by atoms with Gasteiger partial charge in [-0.1, -0.05) is 51.1 Å². The number of likely N-dealkylation sites (N-methyl/N-ethyl adjacent to an activating group) is 1. The molecule has 1 fully saturated rings. The fraction of sp³-hybridized carbons (Fsp3) is 0.588. The Bertz CT molecular complexity index is 428. The van der Waals surface area contributed by atoms with Crippen LogP contribution >= 0.6 is 0 Å². The van der Waals surface area contributed by atoms with E-state index in [0.29, 0.717) is 5.92 Å². The van der Waals surface area contributed by atoms with Gasteiger partial charge in [0, 0.05) is 13.1 Å². The lowest BCUT2D eigenvalue weighted by Crippen LogP contribution is -2.42. The van der Waals surface area contributed by atoms with Gasteiger partial charge in [0.1, 0.15) is 6.04 Å². The number of benzene rings is 1. The van der Waals surface area contributed by atoms with Crippen molar-refractivity contribution in [1.82, 2.24) is 9.80 Å². The van der Waals surface area contributed by atoms with Crippen LogP contribution in [0.2, 0.25) is 0 Å². The first-order valence-corrected chi connectivity index (χ1v) is 7.75. The molecule has 0 bridgehead atoms. The normalized spacial score (nSPS) is 20.4.